The molecule has 1 aromatic carbocycles. The van der Waals surface area contributed by atoms with Crippen LogP contribution in [0, 0.1) is 11.6 Å². The molecule has 2 rings (SSSR count). The minimum absolute atomic E-state index is 0.160. The molecule has 102 valence electrons. The molecular weight excluding hydrogens is 314 g/mol. The summed E-state index contributed by atoms with van der Waals surface area (Å²) in [6, 6.07) is 2.47. The first-order valence-electron chi connectivity index (χ1n) is 6.42. The summed E-state index contributed by atoms with van der Waals surface area (Å²) in [5, 5.41) is 0. The summed E-state index contributed by atoms with van der Waals surface area (Å²) in [5.74, 6) is -1.58. The smallest absolute Gasteiger partial charge is 0.160 e. The maximum absolute atomic E-state index is 13.7. The average molecular weight is 329 g/mol. The van der Waals surface area contributed by atoms with Crippen LogP contribution in [0.2, 0.25) is 0 Å². The van der Waals surface area contributed by atoms with Crippen LogP contribution < -0.4 is 0 Å². The molecule has 0 heterocycles. The van der Waals surface area contributed by atoms with Crippen molar-refractivity contribution in [2.45, 2.75) is 38.5 Å². The Kier molecular flexibility index (Phi) is 4.86. The van der Waals surface area contributed by atoms with Crippen molar-refractivity contribution in [2.75, 3.05) is 0 Å². The number of carbonyl (C=O) groups is 1. The molecule has 19 heavy (non-hydrogen) atoms. The Morgan fingerprint density at radius 2 is 1.89 bits per heavy atom. The molecule has 0 atom stereocenters. The molecule has 1 nitrogen and oxygen atoms in total. The van der Waals surface area contributed by atoms with Crippen LogP contribution in [-0.4, -0.2) is 5.78 Å². The van der Waals surface area contributed by atoms with E-state index < -0.39 is 11.6 Å². The van der Waals surface area contributed by atoms with Crippen LogP contribution >= 0.6 is 15.9 Å². The van der Waals surface area contributed by atoms with Crippen molar-refractivity contribution in [2.24, 2.45) is 0 Å². The van der Waals surface area contributed by atoms with E-state index in [0.29, 0.717) is 0 Å². The summed E-state index contributed by atoms with van der Waals surface area (Å²) >= 11 is 3.00. The SMILES string of the molecule is O=C(C=C1CCCCC1)Cc1c(F)ccc(Br)c1F. The van der Waals surface area contributed by atoms with Gasteiger partial charge in [0.05, 0.1) is 4.47 Å². The highest BCUT2D eigenvalue weighted by Crippen LogP contribution is 2.24. The third kappa shape index (κ3) is 3.72. The van der Waals surface area contributed by atoms with E-state index in [0.717, 1.165) is 31.3 Å². The lowest BCUT2D eigenvalue weighted by Gasteiger charge is -2.13. The first kappa shape index (κ1) is 14.4. The Hall–Kier alpha value is -1.03. The van der Waals surface area contributed by atoms with Gasteiger partial charge in [0.15, 0.2) is 5.78 Å². The number of hydrogen-bond acceptors (Lipinski definition) is 1. The predicted molar refractivity (Wildman–Crippen MR) is 73.9 cm³/mol. The lowest BCUT2D eigenvalue weighted by Crippen LogP contribution is -2.06. The van der Waals surface area contributed by atoms with Gasteiger partial charge in [-0.3, -0.25) is 4.79 Å². The van der Waals surface area contributed by atoms with Gasteiger partial charge in [0.25, 0.3) is 0 Å². The molecule has 0 spiro atoms. The summed E-state index contributed by atoms with van der Waals surface area (Å²) < 4.78 is 27.5. The molecule has 1 saturated carbocycles. The van der Waals surface area contributed by atoms with Crippen LogP contribution in [0.15, 0.2) is 28.3 Å². The molecule has 0 bridgehead atoms. The zero-order valence-corrected chi connectivity index (χ0v) is 12.1. The van der Waals surface area contributed by atoms with E-state index in [4.69, 9.17) is 0 Å². The Labute approximate surface area is 119 Å². The quantitative estimate of drug-likeness (QED) is 0.579. The largest absolute Gasteiger partial charge is 0.294 e. The zero-order valence-electron chi connectivity index (χ0n) is 10.5. The molecule has 1 aliphatic rings. The molecule has 0 radical (unpaired) electrons. The van der Waals surface area contributed by atoms with E-state index in [-0.39, 0.29) is 22.2 Å². The zero-order chi connectivity index (χ0) is 13.8. The molecule has 4 heteroatoms. The van der Waals surface area contributed by atoms with Crippen LogP contribution in [0.3, 0.4) is 0 Å². The van der Waals surface area contributed by atoms with Crippen molar-refractivity contribution in [1.82, 2.24) is 0 Å². The number of ketones is 1. The van der Waals surface area contributed by atoms with Gasteiger partial charge in [-0.2, -0.15) is 0 Å². The first-order valence-corrected chi connectivity index (χ1v) is 7.22. The maximum atomic E-state index is 13.7. The second-order valence-electron chi connectivity index (χ2n) is 4.83. The summed E-state index contributed by atoms with van der Waals surface area (Å²) in [4.78, 5) is 11.9. The topological polar surface area (TPSA) is 17.1 Å². The third-order valence-corrected chi connectivity index (χ3v) is 3.96. The van der Waals surface area contributed by atoms with Crippen molar-refractivity contribution in [3.63, 3.8) is 0 Å². The third-order valence-electron chi connectivity index (χ3n) is 3.35. The van der Waals surface area contributed by atoms with Crippen LogP contribution in [0.5, 0.6) is 0 Å². The maximum Gasteiger partial charge on any atom is 0.160 e. The summed E-state index contributed by atoms with van der Waals surface area (Å²) in [5.41, 5.74) is 0.944. The Morgan fingerprint density at radius 3 is 2.58 bits per heavy atom. The first-order chi connectivity index (χ1) is 9.08. The molecular formula is C15H15BrF2O. The van der Waals surface area contributed by atoms with Crippen molar-refractivity contribution >= 4 is 21.7 Å². The Balaban J connectivity index is 2.13. The van der Waals surface area contributed by atoms with Gasteiger partial charge in [-0.25, -0.2) is 8.78 Å². The normalized spacial score (nSPS) is 15.4. The predicted octanol–water partition coefficient (Wildman–Crippen LogP) is 4.73. The molecule has 0 amide bonds. The van der Waals surface area contributed by atoms with E-state index in [1.54, 1.807) is 6.08 Å². The Bertz CT molecular complexity index is 515. The van der Waals surface area contributed by atoms with Crippen molar-refractivity contribution in [1.29, 1.82) is 0 Å². The van der Waals surface area contributed by atoms with Gasteiger partial charge in [-0.1, -0.05) is 12.0 Å². The van der Waals surface area contributed by atoms with Crippen LogP contribution in [-0.2, 0) is 11.2 Å². The number of hydrogen-bond donors (Lipinski definition) is 0. The number of allylic oxidation sites excluding steroid dienone is 2. The number of rotatable bonds is 3. The minimum atomic E-state index is -0.685. The van der Waals surface area contributed by atoms with E-state index in [1.165, 1.54) is 18.6 Å². The molecule has 1 aliphatic carbocycles. The van der Waals surface area contributed by atoms with Gasteiger partial charge >= 0.3 is 0 Å². The molecule has 0 aromatic heterocycles. The summed E-state index contributed by atoms with van der Waals surface area (Å²) in [7, 11) is 0. The van der Waals surface area contributed by atoms with Gasteiger partial charge in [0, 0.05) is 12.0 Å². The molecule has 1 fully saturated rings. The molecule has 0 N–H and O–H groups in total. The second-order valence-corrected chi connectivity index (χ2v) is 5.68. The van der Waals surface area contributed by atoms with Gasteiger partial charge in [-0.05, 0) is 59.8 Å². The van der Waals surface area contributed by atoms with Crippen LogP contribution in [0.4, 0.5) is 8.78 Å². The lowest BCUT2D eigenvalue weighted by atomic mass is 9.93. The van der Waals surface area contributed by atoms with Crippen LogP contribution in [0.25, 0.3) is 0 Å². The molecule has 0 aliphatic heterocycles. The van der Waals surface area contributed by atoms with E-state index >= 15 is 0 Å². The van der Waals surface area contributed by atoms with Gasteiger partial charge < -0.3 is 0 Å². The average Bonchev–Trinajstić information content (AvgIpc) is 2.40. The highest BCUT2D eigenvalue weighted by atomic mass is 79.9. The standard InChI is InChI=1S/C15H15BrF2O/c16-13-6-7-14(17)12(15(13)18)9-11(19)8-10-4-2-1-3-5-10/h6-8H,1-5,9H2. The fourth-order valence-corrected chi connectivity index (χ4v) is 2.71. The van der Waals surface area contributed by atoms with Gasteiger partial charge in [-0.15, -0.1) is 0 Å². The van der Waals surface area contributed by atoms with E-state index in [2.05, 4.69) is 15.9 Å². The van der Waals surface area contributed by atoms with E-state index in [1.807, 2.05) is 0 Å². The highest BCUT2D eigenvalue weighted by Gasteiger charge is 2.15. The van der Waals surface area contributed by atoms with Gasteiger partial charge in [0.2, 0.25) is 0 Å². The fraction of sp³-hybridized carbons (Fsp3) is 0.400. The number of carbonyl (C=O) groups excluding carboxylic acids is 1. The summed E-state index contributed by atoms with van der Waals surface area (Å²) in [6.07, 6.45) is 6.59. The monoisotopic (exact) mass is 328 g/mol. The van der Waals surface area contributed by atoms with E-state index in [9.17, 15) is 13.6 Å². The van der Waals surface area contributed by atoms with Crippen molar-refractivity contribution in [3.8, 4) is 0 Å². The molecule has 0 unspecified atom stereocenters. The van der Waals surface area contributed by atoms with Crippen molar-refractivity contribution < 1.29 is 13.6 Å². The molecule has 1 aromatic rings. The van der Waals surface area contributed by atoms with Gasteiger partial charge in [0.1, 0.15) is 11.6 Å². The van der Waals surface area contributed by atoms with Crippen molar-refractivity contribution in [3.05, 3.63) is 45.5 Å². The number of halogens is 3. The number of benzene rings is 1. The Morgan fingerprint density at radius 1 is 1.21 bits per heavy atom. The minimum Gasteiger partial charge on any atom is -0.294 e. The molecule has 0 saturated heterocycles. The fourth-order valence-electron chi connectivity index (χ4n) is 2.33. The second kappa shape index (κ2) is 6.42. The van der Waals surface area contributed by atoms with Crippen LogP contribution in [0.1, 0.15) is 37.7 Å². The highest BCUT2D eigenvalue weighted by molar-refractivity contribution is 9.10. The lowest BCUT2D eigenvalue weighted by molar-refractivity contribution is -0.114. The summed E-state index contributed by atoms with van der Waals surface area (Å²) in [6.45, 7) is 0.